The van der Waals surface area contributed by atoms with Crippen molar-refractivity contribution < 1.29 is 9.90 Å². The van der Waals surface area contributed by atoms with Gasteiger partial charge in [-0.05, 0) is 47.3 Å². The van der Waals surface area contributed by atoms with E-state index in [4.69, 9.17) is 0 Å². The number of carbonyl (C=O) groups is 1. The van der Waals surface area contributed by atoms with Crippen LogP contribution in [0.5, 0.6) is 0 Å². The molecule has 0 saturated carbocycles. The summed E-state index contributed by atoms with van der Waals surface area (Å²) < 4.78 is 0. The third-order valence-corrected chi connectivity index (χ3v) is 5.45. The van der Waals surface area contributed by atoms with Gasteiger partial charge in [0.05, 0.1) is 6.54 Å². The normalized spacial score (nSPS) is 13.5. The fourth-order valence-electron chi connectivity index (χ4n) is 2.36. The number of amides is 1. The van der Waals surface area contributed by atoms with Crippen LogP contribution >= 0.6 is 22.7 Å². The lowest BCUT2D eigenvalue weighted by Crippen LogP contribution is -2.40. The summed E-state index contributed by atoms with van der Waals surface area (Å²) in [5.74, 6) is -0.185. The zero-order chi connectivity index (χ0) is 16.3. The van der Waals surface area contributed by atoms with E-state index in [1.54, 1.807) is 12.1 Å². The van der Waals surface area contributed by atoms with Crippen molar-refractivity contribution in [3.63, 3.8) is 0 Å². The Kier molecular flexibility index (Phi) is 4.61. The molecule has 1 unspecified atom stereocenters. The van der Waals surface area contributed by atoms with Gasteiger partial charge in [0.15, 0.2) is 0 Å². The molecule has 3 aromatic rings. The lowest BCUT2D eigenvalue weighted by Gasteiger charge is -2.27. The van der Waals surface area contributed by atoms with E-state index < -0.39 is 5.60 Å². The van der Waals surface area contributed by atoms with E-state index in [0.717, 1.165) is 16.0 Å². The van der Waals surface area contributed by atoms with Crippen LogP contribution in [0.15, 0.2) is 58.6 Å². The zero-order valence-electron chi connectivity index (χ0n) is 12.7. The molecule has 0 radical (unpaired) electrons. The zero-order valence-corrected chi connectivity index (χ0v) is 14.3. The maximum Gasteiger partial charge on any atom is 0.251 e. The van der Waals surface area contributed by atoms with Gasteiger partial charge in [-0.15, -0.1) is 11.3 Å². The van der Waals surface area contributed by atoms with Gasteiger partial charge in [-0.2, -0.15) is 11.3 Å². The van der Waals surface area contributed by atoms with Gasteiger partial charge >= 0.3 is 0 Å². The second kappa shape index (κ2) is 6.66. The molecule has 0 spiro atoms. The van der Waals surface area contributed by atoms with Crippen LogP contribution in [0.2, 0.25) is 0 Å². The van der Waals surface area contributed by atoms with Crippen LogP contribution in [0.1, 0.15) is 26.4 Å². The van der Waals surface area contributed by atoms with Gasteiger partial charge < -0.3 is 10.4 Å². The Morgan fingerprint density at radius 1 is 1.17 bits per heavy atom. The molecule has 2 aromatic heterocycles. The maximum absolute atomic E-state index is 12.3. The highest BCUT2D eigenvalue weighted by Crippen LogP contribution is 2.33. The molecule has 2 N–H and O–H groups in total. The monoisotopic (exact) mass is 343 g/mol. The van der Waals surface area contributed by atoms with Gasteiger partial charge in [0.25, 0.3) is 5.91 Å². The van der Waals surface area contributed by atoms with Gasteiger partial charge in [0, 0.05) is 16.0 Å². The first-order valence-electron chi connectivity index (χ1n) is 7.23. The van der Waals surface area contributed by atoms with E-state index in [1.807, 2.05) is 53.4 Å². The quantitative estimate of drug-likeness (QED) is 0.740. The highest BCUT2D eigenvalue weighted by Gasteiger charge is 2.33. The van der Waals surface area contributed by atoms with Crippen LogP contribution in [0.3, 0.4) is 0 Å². The number of aryl methyl sites for hydroxylation is 1. The van der Waals surface area contributed by atoms with E-state index in [1.165, 1.54) is 22.7 Å². The average Bonchev–Trinajstić information content (AvgIpc) is 3.26. The van der Waals surface area contributed by atoms with Crippen LogP contribution in [-0.2, 0) is 5.60 Å². The molecule has 0 saturated heterocycles. The molecule has 0 bridgehead atoms. The minimum Gasteiger partial charge on any atom is -0.378 e. The van der Waals surface area contributed by atoms with E-state index in [-0.39, 0.29) is 12.5 Å². The fourth-order valence-corrected chi connectivity index (χ4v) is 3.93. The van der Waals surface area contributed by atoms with E-state index in [2.05, 4.69) is 5.32 Å². The molecule has 1 atom stereocenters. The smallest absolute Gasteiger partial charge is 0.251 e. The summed E-state index contributed by atoms with van der Waals surface area (Å²) in [6.45, 7) is 2.12. The van der Waals surface area contributed by atoms with Gasteiger partial charge in [-0.3, -0.25) is 4.79 Å². The maximum atomic E-state index is 12.3. The molecular weight excluding hydrogens is 326 g/mol. The minimum atomic E-state index is -1.20. The van der Waals surface area contributed by atoms with Gasteiger partial charge in [0.2, 0.25) is 0 Å². The Balaban J connectivity index is 1.80. The average molecular weight is 343 g/mol. The Bertz CT molecular complexity index is 728. The van der Waals surface area contributed by atoms with E-state index >= 15 is 0 Å². The van der Waals surface area contributed by atoms with Crippen molar-refractivity contribution in [2.24, 2.45) is 0 Å². The number of carbonyl (C=O) groups excluding carboxylic acids is 1. The molecule has 118 valence electrons. The molecular formula is C18H17NO2S2. The van der Waals surface area contributed by atoms with Crippen LogP contribution < -0.4 is 5.32 Å². The minimum absolute atomic E-state index is 0.136. The van der Waals surface area contributed by atoms with Gasteiger partial charge in [0.1, 0.15) is 5.60 Å². The van der Waals surface area contributed by atoms with Crippen LogP contribution in [0, 0.1) is 6.92 Å². The number of nitrogens with one attached hydrogen (secondary N) is 1. The molecule has 0 aliphatic carbocycles. The molecule has 5 heteroatoms. The first-order chi connectivity index (χ1) is 11.1. The third kappa shape index (κ3) is 3.37. The summed E-state index contributed by atoms with van der Waals surface area (Å²) in [5, 5.41) is 19.8. The second-order valence-electron chi connectivity index (χ2n) is 5.40. The summed E-state index contributed by atoms with van der Waals surface area (Å²) in [4.78, 5) is 13.1. The highest BCUT2D eigenvalue weighted by molar-refractivity contribution is 7.10. The second-order valence-corrected chi connectivity index (χ2v) is 7.13. The molecule has 0 aliphatic heterocycles. The first kappa shape index (κ1) is 15.9. The summed E-state index contributed by atoms with van der Waals surface area (Å²) >= 11 is 3.01. The summed E-state index contributed by atoms with van der Waals surface area (Å²) in [6.07, 6.45) is 0. The van der Waals surface area contributed by atoms with Crippen molar-refractivity contribution in [3.8, 4) is 0 Å². The molecule has 0 fully saturated rings. The topological polar surface area (TPSA) is 49.3 Å². The molecule has 2 heterocycles. The Hall–Kier alpha value is -1.95. The van der Waals surface area contributed by atoms with Crippen LogP contribution in [0.25, 0.3) is 0 Å². The third-order valence-electron chi connectivity index (χ3n) is 3.75. The molecule has 1 aromatic carbocycles. The van der Waals surface area contributed by atoms with Crippen LogP contribution in [0.4, 0.5) is 0 Å². The molecule has 3 nitrogen and oxygen atoms in total. The standard InChI is InChI=1S/C18H17NO2S2/c1-13-4-6-14(7-5-13)17(20)19-12-18(21,15-8-10-22-11-15)16-3-2-9-23-16/h2-11,21H,12H2,1H3,(H,19,20). The number of hydrogen-bond donors (Lipinski definition) is 2. The predicted molar refractivity (Wildman–Crippen MR) is 95.1 cm³/mol. The van der Waals surface area contributed by atoms with Crippen LogP contribution in [-0.4, -0.2) is 17.6 Å². The predicted octanol–water partition coefficient (Wildman–Crippen LogP) is 3.78. The van der Waals surface area contributed by atoms with Crippen molar-refractivity contribution >= 4 is 28.6 Å². The summed E-state index contributed by atoms with van der Waals surface area (Å²) in [5.41, 5.74) is 1.30. The number of thiophene rings is 2. The van der Waals surface area contributed by atoms with Crippen molar-refractivity contribution in [1.82, 2.24) is 5.32 Å². The van der Waals surface area contributed by atoms with Crippen molar-refractivity contribution in [1.29, 1.82) is 0 Å². The number of aliphatic hydroxyl groups is 1. The largest absolute Gasteiger partial charge is 0.378 e. The van der Waals surface area contributed by atoms with Crippen molar-refractivity contribution in [2.75, 3.05) is 6.54 Å². The Labute approximate surface area is 143 Å². The number of rotatable bonds is 5. The van der Waals surface area contributed by atoms with Crippen molar-refractivity contribution in [2.45, 2.75) is 12.5 Å². The lowest BCUT2D eigenvalue weighted by molar-refractivity contribution is 0.0721. The number of benzene rings is 1. The molecule has 3 rings (SSSR count). The van der Waals surface area contributed by atoms with E-state index in [9.17, 15) is 9.90 Å². The van der Waals surface area contributed by atoms with E-state index in [0.29, 0.717) is 5.56 Å². The molecule has 0 aliphatic rings. The van der Waals surface area contributed by atoms with Gasteiger partial charge in [-0.1, -0.05) is 23.8 Å². The number of hydrogen-bond acceptors (Lipinski definition) is 4. The summed E-state index contributed by atoms with van der Waals surface area (Å²) in [7, 11) is 0. The molecule has 23 heavy (non-hydrogen) atoms. The Morgan fingerprint density at radius 3 is 2.57 bits per heavy atom. The summed E-state index contributed by atoms with van der Waals surface area (Å²) in [6, 6.07) is 13.1. The highest BCUT2D eigenvalue weighted by atomic mass is 32.1. The lowest BCUT2D eigenvalue weighted by atomic mass is 9.94. The van der Waals surface area contributed by atoms with Gasteiger partial charge in [-0.25, -0.2) is 0 Å². The SMILES string of the molecule is Cc1ccc(C(=O)NCC(O)(c2ccsc2)c2cccs2)cc1. The fraction of sp³-hybridized carbons (Fsp3) is 0.167. The Morgan fingerprint density at radius 2 is 1.96 bits per heavy atom. The van der Waals surface area contributed by atoms with Crippen molar-refractivity contribution in [3.05, 3.63) is 80.2 Å². The first-order valence-corrected chi connectivity index (χ1v) is 9.06. The molecule has 1 amide bonds.